The van der Waals surface area contributed by atoms with Crippen LogP contribution in [0, 0.1) is 6.92 Å². The van der Waals surface area contributed by atoms with Crippen molar-refractivity contribution < 1.29 is 22.7 Å². The summed E-state index contributed by atoms with van der Waals surface area (Å²) in [6, 6.07) is 2.60. The largest absolute Gasteiger partial charge is 0.459 e. The number of halogens is 2. The summed E-state index contributed by atoms with van der Waals surface area (Å²) in [5.41, 5.74) is 0.797. The van der Waals surface area contributed by atoms with Crippen LogP contribution in [0.3, 0.4) is 0 Å². The molecule has 0 atom stereocenters. The number of benzene rings is 1. The van der Waals surface area contributed by atoms with Gasteiger partial charge in [-0.2, -0.15) is 0 Å². The van der Waals surface area contributed by atoms with Gasteiger partial charge in [0.15, 0.2) is 0 Å². The lowest BCUT2D eigenvalue weighted by molar-refractivity contribution is -0.0159. The van der Waals surface area contributed by atoms with Crippen LogP contribution in [-0.4, -0.2) is 33.7 Å². The third kappa shape index (κ3) is 4.18. The molecule has 1 heterocycles. The third-order valence-electron chi connectivity index (χ3n) is 3.26. The van der Waals surface area contributed by atoms with Gasteiger partial charge in [0, 0.05) is 28.0 Å². The fourth-order valence-corrected chi connectivity index (χ4v) is 3.41. The normalized spacial score (nSPS) is 16.7. The van der Waals surface area contributed by atoms with E-state index in [0.29, 0.717) is 36.1 Å². The van der Waals surface area contributed by atoms with E-state index in [1.807, 2.05) is 0 Å². The summed E-state index contributed by atoms with van der Waals surface area (Å²) in [5.74, 6) is -0.553. The van der Waals surface area contributed by atoms with Crippen LogP contribution in [-0.2, 0) is 18.5 Å². The van der Waals surface area contributed by atoms with Crippen LogP contribution in [0.4, 0.5) is 0 Å². The number of ether oxygens (including phenoxy) is 2. The molecule has 0 radical (unpaired) electrons. The van der Waals surface area contributed by atoms with Crippen LogP contribution in [0.5, 0.6) is 0 Å². The fourth-order valence-electron chi connectivity index (χ4n) is 2.02. The SMILES string of the molecule is Cc1c(Br)cc(S(=O)(=O)Cl)cc1C(=O)OC1CCOCC1. The van der Waals surface area contributed by atoms with Gasteiger partial charge in [-0.1, -0.05) is 15.9 Å². The Kier molecular flexibility index (Phi) is 5.29. The van der Waals surface area contributed by atoms with E-state index in [2.05, 4.69) is 15.9 Å². The van der Waals surface area contributed by atoms with Gasteiger partial charge in [-0.3, -0.25) is 0 Å². The summed E-state index contributed by atoms with van der Waals surface area (Å²) in [6.45, 7) is 2.81. The number of rotatable bonds is 3. The summed E-state index contributed by atoms with van der Waals surface area (Å²) in [5, 5.41) is 0. The number of carbonyl (C=O) groups is 1. The van der Waals surface area contributed by atoms with Gasteiger partial charge in [0.1, 0.15) is 6.10 Å². The second-order valence-electron chi connectivity index (χ2n) is 4.73. The van der Waals surface area contributed by atoms with Crippen molar-refractivity contribution in [3.63, 3.8) is 0 Å². The molecule has 0 amide bonds. The van der Waals surface area contributed by atoms with E-state index in [1.54, 1.807) is 6.92 Å². The zero-order chi connectivity index (χ0) is 15.6. The molecule has 21 heavy (non-hydrogen) atoms. The summed E-state index contributed by atoms with van der Waals surface area (Å²) < 4.78 is 34.0. The molecular weight excluding hydrogens is 384 g/mol. The van der Waals surface area contributed by atoms with Crippen molar-refractivity contribution in [2.45, 2.75) is 30.8 Å². The number of esters is 1. The second kappa shape index (κ2) is 6.64. The van der Waals surface area contributed by atoms with Gasteiger partial charge >= 0.3 is 5.97 Å². The molecule has 5 nitrogen and oxygen atoms in total. The summed E-state index contributed by atoms with van der Waals surface area (Å²) in [4.78, 5) is 12.1. The lowest BCUT2D eigenvalue weighted by atomic mass is 10.1. The maximum absolute atomic E-state index is 12.2. The van der Waals surface area contributed by atoms with Crippen LogP contribution >= 0.6 is 26.6 Å². The van der Waals surface area contributed by atoms with E-state index in [4.69, 9.17) is 20.2 Å². The Morgan fingerprint density at radius 3 is 2.57 bits per heavy atom. The highest BCUT2D eigenvalue weighted by Gasteiger charge is 2.23. The minimum absolute atomic E-state index is 0.138. The molecule has 1 fully saturated rings. The average molecular weight is 398 g/mol. The van der Waals surface area contributed by atoms with Gasteiger partial charge in [-0.05, 0) is 24.6 Å². The maximum atomic E-state index is 12.2. The minimum atomic E-state index is -3.92. The van der Waals surface area contributed by atoms with Crippen LogP contribution < -0.4 is 0 Å². The lowest BCUT2D eigenvalue weighted by Crippen LogP contribution is -2.26. The number of hydrogen-bond acceptors (Lipinski definition) is 5. The summed E-state index contributed by atoms with van der Waals surface area (Å²) in [6.07, 6.45) is 1.07. The maximum Gasteiger partial charge on any atom is 0.338 e. The molecule has 1 aromatic rings. The number of carbonyl (C=O) groups excluding carboxylic acids is 1. The predicted octanol–water partition coefficient (Wildman–Crippen LogP) is 3.02. The Morgan fingerprint density at radius 2 is 2.00 bits per heavy atom. The van der Waals surface area contributed by atoms with E-state index in [1.165, 1.54) is 12.1 Å². The first kappa shape index (κ1) is 16.7. The molecule has 0 N–H and O–H groups in total. The quantitative estimate of drug-likeness (QED) is 0.579. The highest BCUT2D eigenvalue weighted by atomic mass is 79.9. The molecule has 0 aliphatic carbocycles. The Morgan fingerprint density at radius 1 is 1.38 bits per heavy atom. The predicted molar refractivity (Wildman–Crippen MR) is 81.2 cm³/mol. The van der Waals surface area contributed by atoms with E-state index in [-0.39, 0.29) is 16.6 Å². The molecule has 0 spiro atoms. The van der Waals surface area contributed by atoms with Gasteiger partial charge < -0.3 is 9.47 Å². The summed E-state index contributed by atoms with van der Waals surface area (Å²) in [7, 11) is 1.42. The first-order valence-electron chi connectivity index (χ1n) is 6.32. The van der Waals surface area contributed by atoms with Crippen molar-refractivity contribution in [1.29, 1.82) is 0 Å². The molecule has 2 rings (SSSR count). The molecule has 0 bridgehead atoms. The van der Waals surface area contributed by atoms with Crippen LogP contribution in [0.2, 0.25) is 0 Å². The zero-order valence-electron chi connectivity index (χ0n) is 11.3. The van der Waals surface area contributed by atoms with Crippen LogP contribution in [0.15, 0.2) is 21.5 Å². The lowest BCUT2D eigenvalue weighted by Gasteiger charge is -2.22. The minimum Gasteiger partial charge on any atom is -0.459 e. The molecule has 8 heteroatoms. The number of hydrogen-bond donors (Lipinski definition) is 0. The zero-order valence-corrected chi connectivity index (χ0v) is 14.4. The highest BCUT2D eigenvalue weighted by Crippen LogP contribution is 2.28. The fraction of sp³-hybridized carbons (Fsp3) is 0.462. The van der Waals surface area contributed by atoms with Gasteiger partial charge in [0.25, 0.3) is 9.05 Å². The van der Waals surface area contributed by atoms with Crippen molar-refractivity contribution >= 4 is 41.6 Å². The van der Waals surface area contributed by atoms with Crippen molar-refractivity contribution in [3.05, 3.63) is 27.7 Å². The molecule has 1 aliphatic heterocycles. The van der Waals surface area contributed by atoms with Gasteiger partial charge in [0.2, 0.25) is 0 Å². The smallest absolute Gasteiger partial charge is 0.338 e. The van der Waals surface area contributed by atoms with E-state index >= 15 is 0 Å². The van der Waals surface area contributed by atoms with Gasteiger partial charge in [0.05, 0.1) is 23.7 Å². The first-order chi connectivity index (χ1) is 9.79. The monoisotopic (exact) mass is 396 g/mol. The Labute approximate surface area is 136 Å². The van der Waals surface area contributed by atoms with Crippen molar-refractivity contribution in [3.8, 4) is 0 Å². The molecule has 1 aliphatic rings. The van der Waals surface area contributed by atoms with Gasteiger partial charge in [-0.15, -0.1) is 0 Å². The first-order valence-corrected chi connectivity index (χ1v) is 9.43. The van der Waals surface area contributed by atoms with E-state index in [0.717, 1.165) is 0 Å². The molecule has 1 saturated heterocycles. The Balaban J connectivity index is 2.29. The summed E-state index contributed by atoms with van der Waals surface area (Å²) >= 11 is 3.23. The molecule has 116 valence electrons. The van der Waals surface area contributed by atoms with E-state index < -0.39 is 15.0 Å². The third-order valence-corrected chi connectivity index (χ3v) is 5.42. The van der Waals surface area contributed by atoms with Crippen molar-refractivity contribution in [2.75, 3.05) is 13.2 Å². The average Bonchev–Trinajstić information content (AvgIpc) is 2.41. The molecular formula is C13H14BrClO5S. The topological polar surface area (TPSA) is 69.7 Å². The van der Waals surface area contributed by atoms with Crippen molar-refractivity contribution in [2.24, 2.45) is 0 Å². The molecule has 0 saturated carbocycles. The van der Waals surface area contributed by atoms with Crippen LogP contribution in [0.1, 0.15) is 28.8 Å². The highest BCUT2D eigenvalue weighted by molar-refractivity contribution is 9.10. The van der Waals surface area contributed by atoms with E-state index in [9.17, 15) is 13.2 Å². The van der Waals surface area contributed by atoms with Crippen molar-refractivity contribution in [1.82, 2.24) is 0 Å². The standard InChI is InChI=1S/C13H14BrClO5S/c1-8-11(6-10(7-12(8)14)21(15,17)18)13(16)20-9-2-4-19-5-3-9/h6-7,9H,2-5H2,1H3. The molecule has 0 aromatic heterocycles. The Bertz CT molecular complexity index is 653. The Hall–Kier alpha value is -0.630. The van der Waals surface area contributed by atoms with Crippen LogP contribution in [0.25, 0.3) is 0 Å². The van der Waals surface area contributed by atoms with Gasteiger partial charge in [-0.25, -0.2) is 13.2 Å². The molecule has 0 unspecified atom stereocenters. The second-order valence-corrected chi connectivity index (χ2v) is 8.15. The molecule has 1 aromatic carbocycles.